The summed E-state index contributed by atoms with van der Waals surface area (Å²) in [6, 6.07) is 10.7. The van der Waals surface area contributed by atoms with Crippen molar-refractivity contribution >= 4 is 29.1 Å². The van der Waals surface area contributed by atoms with E-state index >= 15 is 0 Å². The summed E-state index contributed by atoms with van der Waals surface area (Å²) in [6.45, 7) is 9.85. The van der Waals surface area contributed by atoms with Gasteiger partial charge in [0.25, 0.3) is 0 Å². The number of anilines is 1. The van der Waals surface area contributed by atoms with Gasteiger partial charge < -0.3 is 5.32 Å². The molecule has 1 unspecified atom stereocenters. The molecule has 8 heteroatoms. The largest absolute Gasteiger partial charge is 0.326 e. The first-order chi connectivity index (χ1) is 14.9. The molecule has 1 aromatic carbocycles. The van der Waals surface area contributed by atoms with Crippen molar-refractivity contribution < 1.29 is 9.59 Å². The molecule has 0 radical (unpaired) electrons. The van der Waals surface area contributed by atoms with E-state index in [1.807, 2.05) is 37.5 Å². The summed E-state index contributed by atoms with van der Waals surface area (Å²) in [7, 11) is 0. The van der Waals surface area contributed by atoms with E-state index in [0.717, 1.165) is 5.56 Å². The Labute approximate surface area is 186 Å². The second-order valence-electron chi connectivity index (χ2n) is 7.29. The predicted octanol–water partition coefficient (Wildman–Crippen LogP) is 4.48. The van der Waals surface area contributed by atoms with Crippen LogP contribution in [0.15, 0.2) is 66.6 Å². The van der Waals surface area contributed by atoms with Crippen LogP contribution in [0.5, 0.6) is 0 Å². The number of hydrogen-bond donors (Lipinski definition) is 1. The summed E-state index contributed by atoms with van der Waals surface area (Å²) in [6.07, 6.45) is 5.18. The first-order valence-electron chi connectivity index (χ1n) is 9.97. The smallest absolute Gasteiger partial charge is 0.226 e. The van der Waals surface area contributed by atoms with Crippen molar-refractivity contribution in [3.8, 4) is 11.4 Å². The number of aromatic nitrogens is 4. The molecule has 3 rings (SSSR count). The lowest BCUT2D eigenvalue weighted by Crippen LogP contribution is -2.18. The lowest BCUT2D eigenvalue weighted by molar-refractivity contribution is -0.118. The first kappa shape index (κ1) is 22.4. The van der Waals surface area contributed by atoms with Gasteiger partial charge in [0.05, 0.1) is 5.25 Å². The molecular formula is C23H25N5O2S. The minimum atomic E-state index is -0.367. The van der Waals surface area contributed by atoms with Gasteiger partial charge in [0, 0.05) is 41.7 Å². The third-order valence-corrected chi connectivity index (χ3v) is 5.66. The van der Waals surface area contributed by atoms with Crippen molar-refractivity contribution in [1.82, 2.24) is 19.7 Å². The molecule has 0 aliphatic carbocycles. The van der Waals surface area contributed by atoms with Gasteiger partial charge in [0.1, 0.15) is 0 Å². The molecule has 31 heavy (non-hydrogen) atoms. The van der Waals surface area contributed by atoms with Gasteiger partial charge in [-0.1, -0.05) is 31.7 Å². The van der Waals surface area contributed by atoms with E-state index in [-0.39, 0.29) is 22.9 Å². The zero-order chi connectivity index (χ0) is 22.4. The Morgan fingerprint density at radius 1 is 1.10 bits per heavy atom. The summed E-state index contributed by atoms with van der Waals surface area (Å²) in [5.41, 5.74) is 2.14. The van der Waals surface area contributed by atoms with Crippen molar-refractivity contribution in [3.05, 3.63) is 67.0 Å². The summed E-state index contributed by atoms with van der Waals surface area (Å²) in [5, 5.41) is 11.7. The van der Waals surface area contributed by atoms with Gasteiger partial charge in [-0.3, -0.25) is 19.1 Å². The third kappa shape index (κ3) is 5.46. The van der Waals surface area contributed by atoms with Crippen molar-refractivity contribution in [2.24, 2.45) is 5.92 Å². The molecule has 3 aromatic rings. The molecule has 160 valence electrons. The minimum absolute atomic E-state index is 0.0228. The molecule has 0 saturated carbocycles. The molecule has 0 aliphatic rings. The number of thioether (sulfide) groups is 1. The van der Waals surface area contributed by atoms with Gasteiger partial charge in [-0.25, -0.2) is 0 Å². The van der Waals surface area contributed by atoms with Crippen LogP contribution in [-0.4, -0.2) is 36.7 Å². The molecule has 0 bridgehead atoms. The highest BCUT2D eigenvalue weighted by atomic mass is 32.2. The van der Waals surface area contributed by atoms with E-state index in [1.54, 1.807) is 42.7 Å². The zero-order valence-corrected chi connectivity index (χ0v) is 18.6. The molecule has 0 spiro atoms. The summed E-state index contributed by atoms with van der Waals surface area (Å²) in [5.74, 6) is 0.511. The SMILES string of the molecule is C=CCn1c(SC(C)C(=O)c2ccc(NC(=O)C(C)C)cc2)nnc1-c1ccncc1. The van der Waals surface area contributed by atoms with Gasteiger partial charge in [-0.05, 0) is 43.3 Å². The van der Waals surface area contributed by atoms with E-state index in [1.165, 1.54) is 11.8 Å². The number of benzene rings is 1. The lowest BCUT2D eigenvalue weighted by Gasteiger charge is -2.12. The lowest BCUT2D eigenvalue weighted by atomic mass is 10.1. The molecule has 0 fully saturated rings. The number of rotatable bonds is 9. The Balaban J connectivity index is 1.74. The second kappa shape index (κ2) is 10.2. The standard InChI is InChI=1S/C23H25N5O2S/c1-5-14-28-21(18-10-12-24-13-11-18)26-27-23(28)31-16(4)20(29)17-6-8-19(9-7-17)25-22(30)15(2)3/h5-13,15-16H,1,14H2,2-4H3,(H,25,30). The Hall–Kier alpha value is -3.26. The second-order valence-corrected chi connectivity index (χ2v) is 8.59. The highest BCUT2D eigenvalue weighted by molar-refractivity contribution is 8.00. The maximum absolute atomic E-state index is 12.9. The maximum Gasteiger partial charge on any atom is 0.226 e. The highest BCUT2D eigenvalue weighted by Gasteiger charge is 2.21. The molecule has 1 N–H and O–H groups in total. The Bertz CT molecular complexity index is 1060. The molecule has 0 saturated heterocycles. The number of nitrogens with zero attached hydrogens (tertiary/aromatic N) is 4. The summed E-state index contributed by atoms with van der Waals surface area (Å²) >= 11 is 1.35. The van der Waals surface area contributed by atoms with E-state index in [0.29, 0.717) is 28.8 Å². The maximum atomic E-state index is 12.9. The van der Waals surface area contributed by atoms with Gasteiger partial charge in [-0.2, -0.15) is 0 Å². The van der Waals surface area contributed by atoms with Gasteiger partial charge >= 0.3 is 0 Å². The van der Waals surface area contributed by atoms with Crippen molar-refractivity contribution in [3.63, 3.8) is 0 Å². The number of Topliss-reactive ketones (excluding diaryl/α,β-unsaturated/α-hetero) is 1. The van der Waals surface area contributed by atoms with Crippen molar-refractivity contribution in [2.75, 3.05) is 5.32 Å². The van der Waals surface area contributed by atoms with Crippen LogP contribution in [0, 0.1) is 5.92 Å². The molecule has 2 heterocycles. The average molecular weight is 436 g/mol. The fraction of sp³-hybridized carbons (Fsp3) is 0.261. The number of amides is 1. The van der Waals surface area contributed by atoms with Crippen LogP contribution in [0.1, 0.15) is 31.1 Å². The highest BCUT2D eigenvalue weighted by Crippen LogP contribution is 2.28. The van der Waals surface area contributed by atoms with Crippen LogP contribution in [0.4, 0.5) is 5.69 Å². The van der Waals surface area contributed by atoms with Crippen LogP contribution in [0.2, 0.25) is 0 Å². The first-order valence-corrected chi connectivity index (χ1v) is 10.8. The Kier molecular flexibility index (Phi) is 7.36. The molecule has 0 aliphatic heterocycles. The van der Waals surface area contributed by atoms with Crippen LogP contribution >= 0.6 is 11.8 Å². The molecule has 2 aromatic heterocycles. The monoisotopic (exact) mass is 435 g/mol. The summed E-state index contributed by atoms with van der Waals surface area (Å²) < 4.78 is 1.93. The number of pyridine rings is 1. The molecule has 1 atom stereocenters. The fourth-order valence-electron chi connectivity index (χ4n) is 2.83. The van der Waals surface area contributed by atoms with Crippen LogP contribution in [0.25, 0.3) is 11.4 Å². The minimum Gasteiger partial charge on any atom is -0.326 e. The summed E-state index contributed by atoms with van der Waals surface area (Å²) in [4.78, 5) is 28.8. The average Bonchev–Trinajstić information content (AvgIpc) is 3.16. The number of allylic oxidation sites excluding steroid dienone is 1. The van der Waals surface area contributed by atoms with Crippen LogP contribution in [0.3, 0.4) is 0 Å². The molecule has 1 amide bonds. The Morgan fingerprint density at radius 3 is 2.39 bits per heavy atom. The number of ketones is 1. The number of nitrogens with one attached hydrogen (secondary N) is 1. The topological polar surface area (TPSA) is 89.8 Å². The van der Waals surface area contributed by atoms with Crippen LogP contribution in [-0.2, 0) is 11.3 Å². The number of carbonyl (C=O) groups is 2. The van der Waals surface area contributed by atoms with Crippen molar-refractivity contribution in [1.29, 1.82) is 0 Å². The van der Waals surface area contributed by atoms with Gasteiger partial charge in [0.15, 0.2) is 16.8 Å². The third-order valence-electron chi connectivity index (χ3n) is 4.58. The van der Waals surface area contributed by atoms with E-state index in [2.05, 4.69) is 27.1 Å². The van der Waals surface area contributed by atoms with Gasteiger partial charge in [0.2, 0.25) is 5.91 Å². The molecule has 7 nitrogen and oxygen atoms in total. The van der Waals surface area contributed by atoms with E-state index < -0.39 is 0 Å². The molecular weight excluding hydrogens is 410 g/mol. The van der Waals surface area contributed by atoms with E-state index in [4.69, 9.17) is 0 Å². The predicted molar refractivity (Wildman–Crippen MR) is 123 cm³/mol. The van der Waals surface area contributed by atoms with Crippen molar-refractivity contribution in [2.45, 2.75) is 37.7 Å². The zero-order valence-electron chi connectivity index (χ0n) is 17.8. The Morgan fingerprint density at radius 2 is 1.77 bits per heavy atom. The van der Waals surface area contributed by atoms with Crippen LogP contribution < -0.4 is 5.32 Å². The fourth-order valence-corrected chi connectivity index (χ4v) is 3.77. The van der Waals surface area contributed by atoms with E-state index in [9.17, 15) is 9.59 Å². The normalized spacial score (nSPS) is 11.9. The quantitative estimate of drug-likeness (QED) is 0.303. The number of carbonyl (C=O) groups excluding carboxylic acids is 2. The number of hydrogen-bond acceptors (Lipinski definition) is 6. The van der Waals surface area contributed by atoms with Gasteiger partial charge in [-0.15, -0.1) is 16.8 Å².